The molecule has 0 saturated heterocycles. The van der Waals surface area contributed by atoms with E-state index in [1.54, 1.807) is 0 Å². The van der Waals surface area contributed by atoms with Crippen LogP contribution in [-0.4, -0.2) is 37.2 Å². The van der Waals surface area contributed by atoms with Crippen molar-refractivity contribution in [2.45, 2.75) is 348 Å². The first-order chi connectivity index (χ1) is 39.0. The van der Waals surface area contributed by atoms with Gasteiger partial charge < -0.3 is 14.2 Å². The highest BCUT2D eigenvalue weighted by Gasteiger charge is 2.19. The zero-order valence-corrected chi connectivity index (χ0v) is 52.4. The fourth-order valence-corrected chi connectivity index (χ4v) is 9.76. The molecule has 0 fully saturated rings. The molecule has 1 unspecified atom stereocenters. The topological polar surface area (TPSA) is 78.9 Å². The molecule has 0 amide bonds. The van der Waals surface area contributed by atoms with Crippen LogP contribution in [-0.2, 0) is 28.6 Å². The second-order valence-corrected chi connectivity index (χ2v) is 22.7. The maximum absolute atomic E-state index is 12.9. The predicted octanol–water partition coefficient (Wildman–Crippen LogP) is 23.4. The minimum absolute atomic E-state index is 0.0812. The van der Waals surface area contributed by atoms with Crippen LogP contribution in [0.15, 0.2) is 85.1 Å². The predicted molar refractivity (Wildman–Crippen MR) is 344 cm³/mol. The molecule has 0 spiro atoms. The van der Waals surface area contributed by atoms with Crippen molar-refractivity contribution in [3.63, 3.8) is 0 Å². The zero-order chi connectivity index (χ0) is 57.1. The average Bonchev–Trinajstić information content (AvgIpc) is 3.45. The van der Waals surface area contributed by atoms with Crippen LogP contribution in [0.1, 0.15) is 342 Å². The number of hydrogen-bond acceptors (Lipinski definition) is 6. The lowest BCUT2D eigenvalue weighted by molar-refractivity contribution is -0.167. The Bertz CT molecular complexity index is 1500. The van der Waals surface area contributed by atoms with E-state index in [0.717, 1.165) is 96.3 Å². The van der Waals surface area contributed by atoms with Gasteiger partial charge in [-0.15, -0.1) is 0 Å². The monoisotopic (exact) mass is 1100 g/mol. The molecule has 0 aromatic carbocycles. The van der Waals surface area contributed by atoms with Crippen LogP contribution < -0.4 is 0 Å². The number of rotatable bonds is 62. The Balaban J connectivity index is 4.36. The molecule has 0 bridgehead atoms. The van der Waals surface area contributed by atoms with E-state index in [1.165, 1.54) is 205 Å². The van der Waals surface area contributed by atoms with Crippen molar-refractivity contribution in [1.29, 1.82) is 0 Å². The van der Waals surface area contributed by atoms with E-state index in [0.29, 0.717) is 19.3 Å². The fourth-order valence-electron chi connectivity index (χ4n) is 9.76. The van der Waals surface area contributed by atoms with Crippen molar-refractivity contribution < 1.29 is 28.6 Å². The third-order valence-corrected chi connectivity index (χ3v) is 14.9. The van der Waals surface area contributed by atoms with Crippen LogP contribution in [0.3, 0.4) is 0 Å². The number of carbonyl (C=O) groups excluding carboxylic acids is 3. The second kappa shape index (κ2) is 67.1. The highest BCUT2D eigenvalue weighted by Crippen LogP contribution is 2.17. The first kappa shape index (κ1) is 75.6. The van der Waals surface area contributed by atoms with Gasteiger partial charge in [0.2, 0.25) is 0 Å². The summed E-state index contributed by atoms with van der Waals surface area (Å²) in [7, 11) is 0. The maximum atomic E-state index is 12.9. The van der Waals surface area contributed by atoms with Gasteiger partial charge in [-0.1, -0.05) is 292 Å². The Morgan fingerprint density at radius 2 is 0.494 bits per heavy atom. The Kier molecular flexibility index (Phi) is 64.2. The molecule has 79 heavy (non-hydrogen) atoms. The summed E-state index contributed by atoms with van der Waals surface area (Å²) in [6.07, 6.45) is 88.8. The summed E-state index contributed by atoms with van der Waals surface area (Å²) in [5, 5.41) is 0. The van der Waals surface area contributed by atoms with Crippen LogP contribution in [0.4, 0.5) is 0 Å². The lowest BCUT2D eigenvalue weighted by Gasteiger charge is -2.18. The molecule has 0 heterocycles. The molecular weight excluding hydrogens is 973 g/mol. The van der Waals surface area contributed by atoms with Gasteiger partial charge in [0.15, 0.2) is 6.10 Å². The van der Waals surface area contributed by atoms with E-state index in [2.05, 4.69) is 106 Å². The molecule has 0 radical (unpaired) electrons. The van der Waals surface area contributed by atoms with Crippen molar-refractivity contribution in [3.05, 3.63) is 85.1 Å². The zero-order valence-electron chi connectivity index (χ0n) is 52.4. The first-order valence-corrected chi connectivity index (χ1v) is 34.1. The van der Waals surface area contributed by atoms with Gasteiger partial charge in [-0.2, -0.15) is 0 Å². The molecule has 6 heteroatoms. The second-order valence-electron chi connectivity index (χ2n) is 22.7. The normalized spacial score (nSPS) is 12.6. The van der Waals surface area contributed by atoms with Crippen molar-refractivity contribution in [3.8, 4) is 0 Å². The minimum atomic E-state index is -0.786. The Labute approximate surface area is 490 Å². The Morgan fingerprint density at radius 3 is 0.785 bits per heavy atom. The summed E-state index contributed by atoms with van der Waals surface area (Å²) in [4.78, 5) is 38.4. The van der Waals surface area contributed by atoms with Crippen molar-refractivity contribution in [2.24, 2.45) is 0 Å². The van der Waals surface area contributed by atoms with Gasteiger partial charge in [0, 0.05) is 19.3 Å². The summed E-state index contributed by atoms with van der Waals surface area (Å²) in [5.41, 5.74) is 0. The lowest BCUT2D eigenvalue weighted by Crippen LogP contribution is -2.30. The summed E-state index contributed by atoms with van der Waals surface area (Å²) < 4.78 is 17.0. The highest BCUT2D eigenvalue weighted by molar-refractivity contribution is 5.71. The van der Waals surface area contributed by atoms with E-state index >= 15 is 0 Å². The summed E-state index contributed by atoms with van der Waals surface area (Å²) >= 11 is 0. The van der Waals surface area contributed by atoms with Gasteiger partial charge in [0.05, 0.1) is 0 Å². The molecule has 456 valence electrons. The van der Waals surface area contributed by atoms with E-state index in [1.807, 2.05) is 0 Å². The first-order valence-electron chi connectivity index (χ1n) is 34.1. The molecule has 1 atom stereocenters. The number of esters is 3. The molecule has 0 aliphatic carbocycles. The van der Waals surface area contributed by atoms with Crippen LogP contribution in [0.5, 0.6) is 0 Å². The molecule has 0 aliphatic heterocycles. The smallest absolute Gasteiger partial charge is 0.306 e. The van der Waals surface area contributed by atoms with Crippen LogP contribution in [0, 0.1) is 0 Å². The summed E-state index contributed by atoms with van der Waals surface area (Å²) in [5.74, 6) is -0.881. The SMILES string of the molecule is CC/C=C\C/C=C\C/C=C\CCCCCCCCCC(=O)OCC(COC(=O)CCCCCCCCCCCC/C=C\C/C=C\C/C=C\CCCCCCC)OC(=O)CCCCCCCCCCC/C=C\CCCCCCCC. The van der Waals surface area contributed by atoms with Gasteiger partial charge in [-0.3, -0.25) is 14.4 Å². The van der Waals surface area contributed by atoms with Gasteiger partial charge in [0.1, 0.15) is 13.2 Å². The molecule has 0 aliphatic rings. The molecule has 0 rings (SSSR count). The summed E-state index contributed by atoms with van der Waals surface area (Å²) in [6.45, 7) is 6.54. The number of unbranched alkanes of at least 4 members (excludes halogenated alkanes) is 37. The molecule has 0 aromatic rings. The molecular formula is C73H128O6. The van der Waals surface area contributed by atoms with E-state index < -0.39 is 6.10 Å². The third kappa shape index (κ3) is 65.3. The quantitative estimate of drug-likeness (QED) is 0.0261. The minimum Gasteiger partial charge on any atom is -0.462 e. The van der Waals surface area contributed by atoms with Crippen LogP contribution in [0.25, 0.3) is 0 Å². The average molecular weight is 1100 g/mol. The molecule has 0 N–H and O–H groups in total. The van der Waals surface area contributed by atoms with E-state index in [-0.39, 0.29) is 31.1 Å². The standard InChI is InChI=1S/C73H128O6/c1-4-7-10-13-16-19-22-25-28-31-33-34-35-36-37-38-40-42-45-48-51-54-57-60-63-66-72(75)78-69-70(68-77-71(74)65-62-59-56-53-50-47-44-41-30-27-24-21-18-15-12-9-6-3)79-73(76)67-64-61-58-55-52-49-46-43-39-32-29-26-23-20-17-14-11-8-5-2/h9,12,18,21-22,25-27,29-31,33,35-36,70H,4-8,10-11,13-17,19-20,23-24,28,32,34,37-69H2,1-3H3/b12-9-,21-18-,25-22-,29-26-,30-27-,33-31-,36-35-. The molecule has 0 aromatic heterocycles. The highest BCUT2D eigenvalue weighted by atomic mass is 16.6. The lowest BCUT2D eigenvalue weighted by atomic mass is 10.0. The number of ether oxygens (including phenoxy) is 3. The third-order valence-electron chi connectivity index (χ3n) is 14.9. The molecule has 0 saturated carbocycles. The van der Waals surface area contributed by atoms with Gasteiger partial charge in [0.25, 0.3) is 0 Å². The van der Waals surface area contributed by atoms with Crippen LogP contribution >= 0.6 is 0 Å². The maximum Gasteiger partial charge on any atom is 0.306 e. The fraction of sp³-hybridized carbons (Fsp3) is 0.767. The number of hydrogen-bond donors (Lipinski definition) is 0. The van der Waals surface area contributed by atoms with E-state index in [4.69, 9.17) is 14.2 Å². The van der Waals surface area contributed by atoms with E-state index in [9.17, 15) is 14.4 Å². The Morgan fingerprint density at radius 1 is 0.266 bits per heavy atom. The summed E-state index contributed by atoms with van der Waals surface area (Å²) in [6, 6.07) is 0. The Hall–Kier alpha value is -3.41. The van der Waals surface area contributed by atoms with Gasteiger partial charge in [-0.05, 0) is 116 Å². The largest absolute Gasteiger partial charge is 0.462 e. The van der Waals surface area contributed by atoms with Crippen LogP contribution in [0.2, 0.25) is 0 Å². The van der Waals surface area contributed by atoms with Crippen molar-refractivity contribution in [1.82, 2.24) is 0 Å². The number of allylic oxidation sites excluding steroid dienone is 14. The van der Waals surface area contributed by atoms with Crippen molar-refractivity contribution >= 4 is 17.9 Å². The van der Waals surface area contributed by atoms with Crippen molar-refractivity contribution in [2.75, 3.05) is 13.2 Å². The number of carbonyl (C=O) groups is 3. The van der Waals surface area contributed by atoms with Gasteiger partial charge in [-0.25, -0.2) is 0 Å². The molecule has 6 nitrogen and oxygen atoms in total. The van der Waals surface area contributed by atoms with Gasteiger partial charge >= 0.3 is 17.9 Å².